The van der Waals surface area contributed by atoms with Gasteiger partial charge in [0, 0.05) is 30.9 Å². The lowest BCUT2D eigenvalue weighted by Crippen LogP contribution is -2.26. The van der Waals surface area contributed by atoms with Gasteiger partial charge in [-0.3, -0.25) is 4.79 Å². The van der Waals surface area contributed by atoms with E-state index in [1.54, 1.807) is 25.2 Å². The SMILES string of the molecule is CN(C(=O)c1cc(F)cc(F)c1)c1cccc(CN)c1. The molecule has 1 amide bonds. The summed E-state index contributed by atoms with van der Waals surface area (Å²) in [6.07, 6.45) is 0. The third kappa shape index (κ3) is 3.00. The lowest BCUT2D eigenvalue weighted by Gasteiger charge is -2.18. The summed E-state index contributed by atoms with van der Waals surface area (Å²) in [4.78, 5) is 13.5. The first-order valence-corrected chi connectivity index (χ1v) is 6.04. The van der Waals surface area contributed by atoms with E-state index in [-0.39, 0.29) is 5.56 Å². The molecule has 0 atom stereocenters. The Morgan fingerprint density at radius 3 is 2.40 bits per heavy atom. The van der Waals surface area contributed by atoms with Gasteiger partial charge in [-0.05, 0) is 29.8 Å². The zero-order chi connectivity index (χ0) is 14.7. The Labute approximate surface area is 115 Å². The topological polar surface area (TPSA) is 46.3 Å². The fraction of sp³-hybridized carbons (Fsp3) is 0.133. The standard InChI is InChI=1S/C15H14F2N2O/c1-19(14-4-2-3-10(5-14)9-18)15(20)11-6-12(16)8-13(17)7-11/h2-8H,9,18H2,1H3. The van der Waals surface area contributed by atoms with Crippen LogP contribution in [0.1, 0.15) is 15.9 Å². The Morgan fingerprint density at radius 2 is 1.80 bits per heavy atom. The number of rotatable bonds is 3. The molecule has 0 spiro atoms. The van der Waals surface area contributed by atoms with Crippen molar-refractivity contribution in [1.29, 1.82) is 0 Å². The van der Waals surface area contributed by atoms with Crippen molar-refractivity contribution in [3.05, 3.63) is 65.2 Å². The summed E-state index contributed by atoms with van der Waals surface area (Å²) >= 11 is 0. The highest BCUT2D eigenvalue weighted by Crippen LogP contribution is 2.18. The van der Waals surface area contributed by atoms with E-state index in [1.807, 2.05) is 6.07 Å². The van der Waals surface area contributed by atoms with Gasteiger partial charge in [0.2, 0.25) is 0 Å². The van der Waals surface area contributed by atoms with Crippen molar-refractivity contribution in [2.75, 3.05) is 11.9 Å². The van der Waals surface area contributed by atoms with Crippen molar-refractivity contribution in [2.45, 2.75) is 6.54 Å². The van der Waals surface area contributed by atoms with Gasteiger partial charge >= 0.3 is 0 Å². The molecule has 0 saturated heterocycles. The van der Waals surface area contributed by atoms with Crippen molar-refractivity contribution in [3.63, 3.8) is 0 Å². The Hall–Kier alpha value is -2.27. The van der Waals surface area contributed by atoms with Gasteiger partial charge in [-0.25, -0.2) is 8.78 Å². The number of nitrogens with zero attached hydrogens (tertiary/aromatic N) is 1. The number of carbonyl (C=O) groups is 1. The summed E-state index contributed by atoms with van der Waals surface area (Å²) in [5.41, 5.74) is 6.99. The van der Waals surface area contributed by atoms with E-state index in [9.17, 15) is 13.6 Å². The number of benzene rings is 2. The molecule has 0 unspecified atom stereocenters. The molecule has 0 aliphatic carbocycles. The molecule has 2 aromatic rings. The minimum Gasteiger partial charge on any atom is -0.326 e. The first kappa shape index (κ1) is 14.1. The highest BCUT2D eigenvalue weighted by Gasteiger charge is 2.15. The number of carbonyl (C=O) groups excluding carboxylic acids is 1. The monoisotopic (exact) mass is 276 g/mol. The molecule has 0 aliphatic heterocycles. The minimum atomic E-state index is -0.780. The second-order valence-electron chi connectivity index (χ2n) is 4.40. The molecule has 2 aromatic carbocycles. The van der Waals surface area contributed by atoms with Crippen LogP contribution in [0.3, 0.4) is 0 Å². The van der Waals surface area contributed by atoms with Gasteiger partial charge in [0.15, 0.2) is 0 Å². The molecule has 2 N–H and O–H groups in total. The van der Waals surface area contributed by atoms with Crippen molar-refractivity contribution in [2.24, 2.45) is 5.73 Å². The molecule has 104 valence electrons. The molecule has 0 fully saturated rings. The molecule has 0 aliphatic rings. The van der Waals surface area contributed by atoms with Crippen LogP contribution >= 0.6 is 0 Å². The van der Waals surface area contributed by atoms with Gasteiger partial charge in [-0.1, -0.05) is 12.1 Å². The predicted molar refractivity (Wildman–Crippen MR) is 73.4 cm³/mol. The smallest absolute Gasteiger partial charge is 0.258 e. The molecular weight excluding hydrogens is 262 g/mol. The summed E-state index contributed by atoms with van der Waals surface area (Å²) in [6.45, 7) is 0.352. The third-order valence-electron chi connectivity index (χ3n) is 2.95. The third-order valence-corrected chi connectivity index (χ3v) is 2.95. The van der Waals surface area contributed by atoms with Crippen molar-refractivity contribution in [3.8, 4) is 0 Å². The number of hydrogen-bond donors (Lipinski definition) is 1. The van der Waals surface area contributed by atoms with E-state index in [2.05, 4.69) is 0 Å². The van der Waals surface area contributed by atoms with E-state index in [0.717, 1.165) is 23.8 Å². The molecule has 0 heterocycles. The van der Waals surface area contributed by atoms with Crippen LogP contribution in [-0.4, -0.2) is 13.0 Å². The van der Waals surface area contributed by atoms with Crippen molar-refractivity contribution < 1.29 is 13.6 Å². The summed E-state index contributed by atoms with van der Waals surface area (Å²) in [5.74, 6) is -2.05. The molecule has 2 rings (SSSR count). The van der Waals surface area contributed by atoms with Crippen LogP contribution in [0, 0.1) is 11.6 Å². The van der Waals surface area contributed by atoms with E-state index in [1.165, 1.54) is 4.90 Å². The lowest BCUT2D eigenvalue weighted by molar-refractivity contribution is 0.0992. The number of halogens is 2. The largest absolute Gasteiger partial charge is 0.326 e. The zero-order valence-corrected chi connectivity index (χ0v) is 10.9. The fourth-order valence-corrected chi connectivity index (χ4v) is 1.88. The van der Waals surface area contributed by atoms with Crippen LogP contribution in [0.25, 0.3) is 0 Å². The Morgan fingerprint density at radius 1 is 1.15 bits per heavy atom. The summed E-state index contributed by atoms with van der Waals surface area (Å²) in [6, 6.07) is 9.84. The van der Waals surface area contributed by atoms with Gasteiger partial charge in [-0.2, -0.15) is 0 Å². The molecule has 3 nitrogen and oxygen atoms in total. The summed E-state index contributed by atoms with van der Waals surface area (Å²) in [7, 11) is 1.54. The molecule has 0 aromatic heterocycles. The second kappa shape index (κ2) is 5.79. The van der Waals surface area contributed by atoms with Gasteiger partial charge in [-0.15, -0.1) is 0 Å². The maximum Gasteiger partial charge on any atom is 0.258 e. The maximum absolute atomic E-state index is 13.1. The van der Waals surface area contributed by atoms with Crippen LogP contribution in [0.15, 0.2) is 42.5 Å². The maximum atomic E-state index is 13.1. The predicted octanol–water partition coefficient (Wildman–Crippen LogP) is 2.70. The lowest BCUT2D eigenvalue weighted by atomic mass is 10.1. The van der Waals surface area contributed by atoms with E-state index in [4.69, 9.17) is 5.73 Å². The molecule has 0 radical (unpaired) electrons. The zero-order valence-electron chi connectivity index (χ0n) is 10.9. The minimum absolute atomic E-state index is 0.0387. The van der Waals surface area contributed by atoms with E-state index < -0.39 is 17.5 Å². The number of anilines is 1. The van der Waals surface area contributed by atoms with Gasteiger partial charge in [0.05, 0.1) is 0 Å². The molecule has 5 heteroatoms. The van der Waals surface area contributed by atoms with Gasteiger partial charge in [0.1, 0.15) is 11.6 Å². The summed E-state index contributed by atoms with van der Waals surface area (Å²) < 4.78 is 26.3. The number of hydrogen-bond acceptors (Lipinski definition) is 2. The van der Waals surface area contributed by atoms with E-state index >= 15 is 0 Å². The Kier molecular flexibility index (Phi) is 4.10. The first-order valence-electron chi connectivity index (χ1n) is 6.04. The second-order valence-corrected chi connectivity index (χ2v) is 4.40. The molecule has 0 bridgehead atoms. The van der Waals surface area contributed by atoms with Gasteiger partial charge in [0.25, 0.3) is 5.91 Å². The van der Waals surface area contributed by atoms with E-state index in [0.29, 0.717) is 12.2 Å². The number of amides is 1. The highest BCUT2D eigenvalue weighted by molar-refractivity contribution is 6.05. The molecular formula is C15H14F2N2O. The first-order chi connectivity index (χ1) is 9.51. The fourth-order valence-electron chi connectivity index (χ4n) is 1.88. The van der Waals surface area contributed by atoms with Crippen LogP contribution in [0.5, 0.6) is 0 Å². The van der Waals surface area contributed by atoms with Gasteiger partial charge < -0.3 is 10.6 Å². The molecule has 20 heavy (non-hydrogen) atoms. The van der Waals surface area contributed by atoms with Crippen LogP contribution in [0.4, 0.5) is 14.5 Å². The summed E-state index contributed by atoms with van der Waals surface area (Å²) in [5, 5.41) is 0. The normalized spacial score (nSPS) is 10.4. The Bertz CT molecular complexity index is 623. The van der Waals surface area contributed by atoms with Crippen molar-refractivity contribution >= 4 is 11.6 Å². The average molecular weight is 276 g/mol. The van der Waals surface area contributed by atoms with Crippen LogP contribution in [0.2, 0.25) is 0 Å². The number of nitrogens with two attached hydrogens (primary N) is 1. The van der Waals surface area contributed by atoms with Crippen molar-refractivity contribution in [1.82, 2.24) is 0 Å². The van der Waals surface area contributed by atoms with Crippen LogP contribution in [-0.2, 0) is 6.54 Å². The Balaban J connectivity index is 2.31. The highest BCUT2D eigenvalue weighted by atomic mass is 19.1. The van der Waals surface area contributed by atoms with Crippen LogP contribution < -0.4 is 10.6 Å². The quantitative estimate of drug-likeness (QED) is 0.937. The molecule has 0 saturated carbocycles. The average Bonchev–Trinajstić information content (AvgIpc) is 2.44.